The fraction of sp³-hybridized carbons (Fsp3) is 0.364. The molecule has 0 bridgehead atoms. The fourth-order valence-electron chi connectivity index (χ4n) is 1.45. The third-order valence-electron chi connectivity index (χ3n) is 2.37. The zero-order chi connectivity index (χ0) is 13.8. The number of hydrogen-bond donors (Lipinski definition) is 1. The summed E-state index contributed by atoms with van der Waals surface area (Å²) in [7, 11) is 0. The van der Waals surface area contributed by atoms with Crippen molar-refractivity contribution in [3.63, 3.8) is 0 Å². The van der Waals surface area contributed by atoms with E-state index in [2.05, 4.69) is 20.6 Å². The van der Waals surface area contributed by atoms with E-state index in [0.29, 0.717) is 18.3 Å². The van der Waals surface area contributed by atoms with Crippen molar-refractivity contribution in [3.8, 4) is 0 Å². The molecule has 0 spiro atoms. The topological polar surface area (TPSA) is 103 Å². The van der Waals surface area contributed by atoms with E-state index in [-0.39, 0.29) is 17.8 Å². The van der Waals surface area contributed by atoms with Gasteiger partial charge in [0, 0.05) is 12.6 Å². The molecule has 0 aromatic carbocycles. The molecule has 2 aromatic heterocycles. The van der Waals surface area contributed by atoms with Gasteiger partial charge in [0.05, 0.1) is 6.54 Å². The quantitative estimate of drug-likeness (QED) is 0.825. The molecule has 8 nitrogen and oxygen atoms in total. The SMILES string of the molecule is CCn1nc(C(=O)NCc2nc(C)no2)ccc1=O. The monoisotopic (exact) mass is 263 g/mol. The van der Waals surface area contributed by atoms with Crippen molar-refractivity contribution in [2.24, 2.45) is 0 Å². The Morgan fingerprint density at radius 2 is 2.26 bits per heavy atom. The van der Waals surface area contributed by atoms with Gasteiger partial charge < -0.3 is 9.84 Å². The molecular formula is C11H13N5O3. The molecule has 19 heavy (non-hydrogen) atoms. The molecule has 100 valence electrons. The third-order valence-corrected chi connectivity index (χ3v) is 2.37. The number of amides is 1. The Morgan fingerprint density at radius 3 is 2.89 bits per heavy atom. The van der Waals surface area contributed by atoms with Crippen molar-refractivity contribution in [2.45, 2.75) is 26.9 Å². The van der Waals surface area contributed by atoms with E-state index in [1.807, 2.05) is 0 Å². The van der Waals surface area contributed by atoms with Crippen LogP contribution in [-0.4, -0.2) is 25.8 Å². The summed E-state index contributed by atoms with van der Waals surface area (Å²) in [5.74, 6) is 0.412. The molecule has 0 atom stereocenters. The Morgan fingerprint density at radius 1 is 1.47 bits per heavy atom. The Balaban J connectivity index is 2.05. The average molecular weight is 263 g/mol. The lowest BCUT2D eigenvalue weighted by atomic mass is 10.3. The Labute approximate surface area is 108 Å². The number of rotatable bonds is 4. The summed E-state index contributed by atoms with van der Waals surface area (Å²) >= 11 is 0. The zero-order valence-corrected chi connectivity index (χ0v) is 10.6. The second-order valence-corrected chi connectivity index (χ2v) is 3.79. The van der Waals surface area contributed by atoms with Gasteiger partial charge in [-0.25, -0.2) is 4.68 Å². The summed E-state index contributed by atoms with van der Waals surface area (Å²) in [6.45, 7) is 3.99. The first kappa shape index (κ1) is 12.9. The maximum atomic E-state index is 11.8. The predicted molar refractivity (Wildman–Crippen MR) is 64.4 cm³/mol. The summed E-state index contributed by atoms with van der Waals surface area (Å²) in [4.78, 5) is 27.1. The Kier molecular flexibility index (Phi) is 3.69. The van der Waals surface area contributed by atoms with Crippen LogP contribution in [0.1, 0.15) is 29.1 Å². The zero-order valence-electron chi connectivity index (χ0n) is 10.6. The van der Waals surface area contributed by atoms with Crippen LogP contribution in [0, 0.1) is 6.92 Å². The average Bonchev–Trinajstić information content (AvgIpc) is 2.82. The van der Waals surface area contributed by atoms with Crippen LogP contribution in [0.4, 0.5) is 0 Å². The highest BCUT2D eigenvalue weighted by Gasteiger charge is 2.10. The van der Waals surface area contributed by atoms with E-state index < -0.39 is 5.91 Å². The number of aromatic nitrogens is 4. The van der Waals surface area contributed by atoms with E-state index in [1.165, 1.54) is 16.8 Å². The molecule has 0 saturated heterocycles. The first-order valence-corrected chi connectivity index (χ1v) is 5.75. The van der Waals surface area contributed by atoms with Crippen molar-refractivity contribution in [1.82, 2.24) is 25.2 Å². The standard InChI is InChI=1S/C11H13N5O3/c1-3-16-10(17)5-4-8(14-16)11(18)12-6-9-13-7(2)15-19-9/h4-5H,3,6H2,1-2H3,(H,12,18). The van der Waals surface area contributed by atoms with Crippen LogP contribution in [0.15, 0.2) is 21.5 Å². The van der Waals surface area contributed by atoms with Gasteiger partial charge in [-0.1, -0.05) is 5.16 Å². The minimum absolute atomic E-state index is 0.118. The molecule has 8 heteroatoms. The van der Waals surface area contributed by atoms with E-state index in [4.69, 9.17) is 4.52 Å². The number of carbonyl (C=O) groups is 1. The first-order valence-electron chi connectivity index (χ1n) is 5.75. The molecule has 0 fully saturated rings. The molecule has 0 aliphatic carbocycles. The maximum Gasteiger partial charge on any atom is 0.272 e. The lowest BCUT2D eigenvalue weighted by Crippen LogP contribution is -2.29. The number of nitrogens with one attached hydrogen (secondary N) is 1. The summed E-state index contributed by atoms with van der Waals surface area (Å²) in [5, 5.41) is 10.1. The van der Waals surface area contributed by atoms with Gasteiger partial charge in [0.1, 0.15) is 5.69 Å². The van der Waals surface area contributed by atoms with Gasteiger partial charge in [0.15, 0.2) is 5.82 Å². The maximum absolute atomic E-state index is 11.8. The lowest BCUT2D eigenvalue weighted by molar-refractivity contribution is 0.0938. The molecule has 2 heterocycles. The van der Waals surface area contributed by atoms with Gasteiger partial charge in [0.25, 0.3) is 11.5 Å². The van der Waals surface area contributed by atoms with Crippen LogP contribution in [0.3, 0.4) is 0 Å². The minimum Gasteiger partial charge on any atom is -0.342 e. The minimum atomic E-state index is -0.405. The highest BCUT2D eigenvalue weighted by atomic mass is 16.5. The molecule has 0 unspecified atom stereocenters. The van der Waals surface area contributed by atoms with Crippen molar-refractivity contribution in [1.29, 1.82) is 0 Å². The number of hydrogen-bond acceptors (Lipinski definition) is 6. The van der Waals surface area contributed by atoms with Crippen LogP contribution in [-0.2, 0) is 13.1 Å². The van der Waals surface area contributed by atoms with Gasteiger partial charge in [-0.2, -0.15) is 10.1 Å². The van der Waals surface area contributed by atoms with Gasteiger partial charge in [-0.3, -0.25) is 9.59 Å². The molecule has 1 amide bonds. The lowest BCUT2D eigenvalue weighted by Gasteiger charge is -2.04. The summed E-state index contributed by atoms with van der Waals surface area (Å²) in [6.07, 6.45) is 0. The highest BCUT2D eigenvalue weighted by molar-refractivity contribution is 5.91. The summed E-state index contributed by atoms with van der Waals surface area (Å²) in [5.41, 5.74) is -0.0794. The van der Waals surface area contributed by atoms with Crippen molar-refractivity contribution >= 4 is 5.91 Å². The first-order chi connectivity index (χ1) is 9.10. The van der Waals surface area contributed by atoms with Crippen molar-refractivity contribution < 1.29 is 9.32 Å². The van der Waals surface area contributed by atoms with Crippen LogP contribution in [0.25, 0.3) is 0 Å². The van der Waals surface area contributed by atoms with E-state index >= 15 is 0 Å². The van der Waals surface area contributed by atoms with Gasteiger partial charge in [-0.15, -0.1) is 0 Å². The Bertz CT molecular complexity index is 646. The normalized spacial score (nSPS) is 10.4. The number of carbonyl (C=O) groups excluding carboxylic acids is 1. The van der Waals surface area contributed by atoms with Gasteiger partial charge >= 0.3 is 0 Å². The van der Waals surface area contributed by atoms with Crippen LogP contribution in [0.5, 0.6) is 0 Å². The second kappa shape index (κ2) is 5.42. The fourth-order valence-corrected chi connectivity index (χ4v) is 1.45. The van der Waals surface area contributed by atoms with Crippen LogP contribution >= 0.6 is 0 Å². The van der Waals surface area contributed by atoms with Crippen LogP contribution < -0.4 is 10.9 Å². The molecule has 0 aliphatic heterocycles. The van der Waals surface area contributed by atoms with E-state index in [1.54, 1.807) is 13.8 Å². The smallest absolute Gasteiger partial charge is 0.272 e. The van der Waals surface area contributed by atoms with Gasteiger partial charge in [0.2, 0.25) is 5.89 Å². The van der Waals surface area contributed by atoms with Crippen molar-refractivity contribution in [2.75, 3.05) is 0 Å². The summed E-state index contributed by atoms with van der Waals surface area (Å²) in [6, 6.07) is 2.69. The molecule has 0 saturated carbocycles. The molecule has 0 aliphatic rings. The number of aryl methyl sites for hydroxylation is 2. The second-order valence-electron chi connectivity index (χ2n) is 3.79. The van der Waals surface area contributed by atoms with E-state index in [9.17, 15) is 9.59 Å². The molecule has 2 aromatic rings. The highest BCUT2D eigenvalue weighted by Crippen LogP contribution is 1.96. The predicted octanol–water partition coefficient (Wildman–Crippen LogP) is -0.115. The summed E-state index contributed by atoms with van der Waals surface area (Å²) < 4.78 is 6.08. The van der Waals surface area contributed by atoms with E-state index in [0.717, 1.165) is 0 Å². The molecule has 1 N–H and O–H groups in total. The third kappa shape index (κ3) is 3.03. The largest absolute Gasteiger partial charge is 0.342 e. The molecule has 2 rings (SSSR count). The van der Waals surface area contributed by atoms with Crippen LogP contribution in [0.2, 0.25) is 0 Å². The van der Waals surface area contributed by atoms with Crippen molar-refractivity contribution in [3.05, 3.63) is 39.9 Å². The molecular weight excluding hydrogens is 250 g/mol. The number of nitrogens with zero attached hydrogens (tertiary/aromatic N) is 4. The molecule has 0 radical (unpaired) electrons. The Hall–Kier alpha value is -2.51. The van der Waals surface area contributed by atoms with Gasteiger partial charge in [-0.05, 0) is 19.9 Å².